The number of aldehydes is 1. The Morgan fingerprint density at radius 3 is 2.64 bits per heavy atom. The summed E-state index contributed by atoms with van der Waals surface area (Å²) in [6.07, 6.45) is 0.489. The average Bonchev–Trinajstić information content (AvgIpc) is 3.09. The molecule has 0 bridgehead atoms. The van der Waals surface area contributed by atoms with Crippen molar-refractivity contribution in [1.29, 1.82) is 0 Å². The molecule has 0 fully saturated rings. The first-order chi connectivity index (χ1) is 12.1. The minimum atomic E-state index is -0.584. The third-order valence-corrected chi connectivity index (χ3v) is 3.77. The fourth-order valence-electron chi connectivity index (χ4n) is 2.03. The molecule has 1 heterocycles. The van der Waals surface area contributed by atoms with Gasteiger partial charge in [-0.2, -0.15) is 0 Å². The van der Waals surface area contributed by atoms with E-state index < -0.39 is 4.92 Å². The molecule has 25 heavy (non-hydrogen) atoms. The van der Waals surface area contributed by atoms with E-state index in [2.05, 4.69) is 26.1 Å². The molecule has 0 N–H and O–H groups in total. The van der Waals surface area contributed by atoms with Gasteiger partial charge in [0.15, 0.2) is 12.9 Å². The van der Waals surface area contributed by atoms with Gasteiger partial charge in [-0.05, 0) is 30.3 Å². The molecular weight excluding hydrogens is 394 g/mol. The SMILES string of the molecule is O=Cc1cc([N+](=O)[O-])ccc1OCc1nnc(-c2ccc(Br)cc2)o1. The zero-order chi connectivity index (χ0) is 17.8. The summed E-state index contributed by atoms with van der Waals surface area (Å²) in [6, 6.07) is 11.1. The highest BCUT2D eigenvalue weighted by molar-refractivity contribution is 9.10. The summed E-state index contributed by atoms with van der Waals surface area (Å²) in [4.78, 5) is 21.2. The van der Waals surface area contributed by atoms with E-state index in [0.717, 1.165) is 16.1 Å². The molecule has 0 aliphatic heterocycles. The van der Waals surface area contributed by atoms with E-state index in [0.29, 0.717) is 12.2 Å². The molecule has 0 aliphatic carbocycles. The van der Waals surface area contributed by atoms with Crippen molar-refractivity contribution < 1.29 is 18.9 Å². The molecule has 0 unspecified atom stereocenters. The lowest BCUT2D eigenvalue weighted by Gasteiger charge is -2.05. The van der Waals surface area contributed by atoms with E-state index in [9.17, 15) is 14.9 Å². The number of nitrogens with zero attached hydrogens (tertiary/aromatic N) is 3. The van der Waals surface area contributed by atoms with Crippen molar-refractivity contribution in [1.82, 2.24) is 10.2 Å². The standard InChI is InChI=1S/C16H10BrN3O5/c17-12-3-1-10(2-4-12)16-19-18-15(25-16)9-24-14-6-5-13(20(22)23)7-11(14)8-21/h1-8H,9H2. The summed E-state index contributed by atoms with van der Waals surface area (Å²) in [5.41, 5.74) is 0.637. The van der Waals surface area contributed by atoms with Crippen LogP contribution in [0.3, 0.4) is 0 Å². The van der Waals surface area contributed by atoms with Gasteiger partial charge in [-0.1, -0.05) is 15.9 Å². The van der Waals surface area contributed by atoms with Crippen LogP contribution in [0.25, 0.3) is 11.5 Å². The number of hydrogen-bond acceptors (Lipinski definition) is 7. The van der Waals surface area contributed by atoms with E-state index in [1.54, 1.807) is 0 Å². The molecule has 0 spiro atoms. The van der Waals surface area contributed by atoms with Crippen LogP contribution in [0.1, 0.15) is 16.2 Å². The molecule has 2 aromatic carbocycles. The first-order valence-electron chi connectivity index (χ1n) is 7.01. The minimum Gasteiger partial charge on any atom is -0.483 e. The van der Waals surface area contributed by atoms with Crippen LogP contribution in [0.5, 0.6) is 5.75 Å². The third-order valence-electron chi connectivity index (χ3n) is 3.24. The molecule has 0 saturated carbocycles. The summed E-state index contributed by atoms with van der Waals surface area (Å²) in [5, 5.41) is 18.5. The number of aromatic nitrogens is 2. The van der Waals surface area contributed by atoms with E-state index in [1.165, 1.54) is 12.1 Å². The summed E-state index contributed by atoms with van der Waals surface area (Å²) >= 11 is 3.34. The second-order valence-electron chi connectivity index (χ2n) is 4.89. The Balaban J connectivity index is 1.73. The van der Waals surface area contributed by atoms with Crippen molar-refractivity contribution in [2.24, 2.45) is 0 Å². The Kier molecular flexibility index (Phi) is 4.85. The van der Waals surface area contributed by atoms with Crippen LogP contribution in [0.15, 0.2) is 51.4 Å². The highest BCUT2D eigenvalue weighted by Crippen LogP contribution is 2.24. The van der Waals surface area contributed by atoms with Gasteiger partial charge in [-0.3, -0.25) is 14.9 Å². The monoisotopic (exact) mass is 403 g/mol. The van der Waals surface area contributed by atoms with Gasteiger partial charge in [-0.25, -0.2) is 0 Å². The van der Waals surface area contributed by atoms with E-state index >= 15 is 0 Å². The van der Waals surface area contributed by atoms with Crippen LogP contribution in [0.2, 0.25) is 0 Å². The Morgan fingerprint density at radius 2 is 1.96 bits per heavy atom. The fourth-order valence-corrected chi connectivity index (χ4v) is 2.30. The van der Waals surface area contributed by atoms with Gasteiger partial charge in [0.2, 0.25) is 5.89 Å². The van der Waals surface area contributed by atoms with Gasteiger partial charge >= 0.3 is 0 Å². The highest BCUT2D eigenvalue weighted by atomic mass is 79.9. The number of ether oxygens (including phenoxy) is 1. The lowest BCUT2D eigenvalue weighted by molar-refractivity contribution is -0.384. The van der Waals surface area contributed by atoms with E-state index in [1.807, 2.05) is 24.3 Å². The van der Waals surface area contributed by atoms with Crippen molar-refractivity contribution >= 4 is 27.9 Å². The largest absolute Gasteiger partial charge is 0.483 e. The normalized spacial score (nSPS) is 10.4. The maximum Gasteiger partial charge on any atom is 0.270 e. The molecule has 8 nitrogen and oxygen atoms in total. The molecule has 9 heteroatoms. The van der Waals surface area contributed by atoms with Crippen LogP contribution < -0.4 is 4.74 Å². The Labute approximate surface area is 149 Å². The molecular formula is C16H10BrN3O5. The topological polar surface area (TPSA) is 108 Å². The van der Waals surface area contributed by atoms with Gasteiger partial charge in [-0.15, -0.1) is 10.2 Å². The van der Waals surface area contributed by atoms with Crippen LogP contribution in [0.4, 0.5) is 5.69 Å². The molecule has 0 radical (unpaired) electrons. The summed E-state index contributed by atoms with van der Waals surface area (Å²) in [7, 11) is 0. The average molecular weight is 404 g/mol. The van der Waals surface area contributed by atoms with E-state index in [4.69, 9.17) is 9.15 Å². The maximum atomic E-state index is 11.1. The number of nitro groups is 1. The van der Waals surface area contributed by atoms with Gasteiger partial charge in [0.05, 0.1) is 10.5 Å². The van der Waals surface area contributed by atoms with Gasteiger partial charge in [0, 0.05) is 22.2 Å². The van der Waals surface area contributed by atoms with Crippen LogP contribution in [-0.2, 0) is 6.61 Å². The summed E-state index contributed by atoms with van der Waals surface area (Å²) in [6.45, 7) is -0.0673. The van der Waals surface area contributed by atoms with Crippen LogP contribution in [-0.4, -0.2) is 21.4 Å². The Morgan fingerprint density at radius 1 is 1.20 bits per heavy atom. The second-order valence-corrected chi connectivity index (χ2v) is 5.81. The third kappa shape index (κ3) is 3.89. The molecule has 1 aromatic heterocycles. The minimum absolute atomic E-state index is 0.0673. The van der Waals surface area contributed by atoms with Crippen molar-refractivity contribution in [3.63, 3.8) is 0 Å². The van der Waals surface area contributed by atoms with Crippen LogP contribution in [0, 0.1) is 10.1 Å². The number of benzene rings is 2. The van der Waals surface area contributed by atoms with Crippen LogP contribution >= 0.6 is 15.9 Å². The zero-order valence-corrected chi connectivity index (χ0v) is 14.2. The highest BCUT2D eigenvalue weighted by Gasteiger charge is 2.13. The molecule has 126 valence electrons. The molecule has 0 atom stereocenters. The number of rotatable bonds is 6. The second kappa shape index (κ2) is 7.22. The molecule has 0 amide bonds. The zero-order valence-electron chi connectivity index (χ0n) is 12.6. The van der Waals surface area contributed by atoms with Gasteiger partial charge < -0.3 is 9.15 Å². The van der Waals surface area contributed by atoms with Gasteiger partial charge in [0.25, 0.3) is 11.6 Å². The molecule has 3 aromatic rings. The number of hydrogen-bond donors (Lipinski definition) is 0. The Bertz CT molecular complexity index is 924. The predicted molar refractivity (Wildman–Crippen MR) is 90.2 cm³/mol. The lowest BCUT2D eigenvalue weighted by atomic mass is 10.2. The van der Waals surface area contributed by atoms with Gasteiger partial charge in [0.1, 0.15) is 5.75 Å². The molecule has 0 saturated heterocycles. The van der Waals surface area contributed by atoms with Crippen molar-refractivity contribution in [3.05, 3.63) is 68.5 Å². The molecule has 0 aliphatic rings. The first kappa shape index (κ1) is 16.8. The van der Waals surface area contributed by atoms with Crippen molar-refractivity contribution in [3.8, 4) is 17.2 Å². The fraction of sp³-hybridized carbons (Fsp3) is 0.0625. The summed E-state index contributed by atoms with van der Waals surface area (Å²) < 4.78 is 11.9. The number of nitro benzene ring substituents is 1. The van der Waals surface area contributed by atoms with E-state index in [-0.39, 0.29) is 29.5 Å². The number of carbonyl (C=O) groups is 1. The number of halogens is 1. The molecule has 3 rings (SSSR count). The number of non-ortho nitro benzene ring substituents is 1. The summed E-state index contributed by atoms with van der Waals surface area (Å²) in [5.74, 6) is 0.752. The van der Waals surface area contributed by atoms with Crippen molar-refractivity contribution in [2.75, 3.05) is 0 Å². The Hall–Kier alpha value is -3.07. The quantitative estimate of drug-likeness (QED) is 0.349. The van der Waals surface area contributed by atoms with Crippen molar-refractivity contribution in [2.45, 2.75) is 6.61 Å². The lowest BCUT2D eigenvalue weighted by Crippen LogP contribution is -1.99. The predicted octanol–water partition coefficient (Wildman–Crippen LogP) is 3.80. The number of carbonyl (C=O) groups excluding carboxylic acids is 1. The maximum absolute atomic E-state index is 11.1. The first-order valence-corrected chi connectivity index (χ1v) is 7.81. The smallest absolute Gasteiger partial charge is 0.270 e.